The Kier molecular flexibility index (Phi) is 9.00. The van der Waals surface area contributed by atoms with E-state index in [1.807, 2.05) is 37.8 Å². The second-order valence-corrected chi connectivity index (χ2v) is 10.7. The molecule has 0 saturated heterocycles. The number of carbonyl (C=O) groups excluding carboxylic acids is 2. The van der Waals surface area contributed by atoms with Crippen LogP contribution in [0.2, 0.25) is 0 Å². The van der Waals surface area contributed by atoms with Gasteiger partial charge in [0.15, 0.2) is 0 Å². The maximum absolute atomic E-state index is 13.6. The van der Waals surface area contributed by atoms with Crippen LogP contribution < -0.4 is 10.1 Å². The molecule has 0 radical (unpaired) electrons. The zero-order valence-corrected chi connectivity index (χ0v) is 22.2. The third kappa shape index (κ3) is 6.53. The average molecular weight is 486 g/mol. The lowest BCUT2D eigenvalue weighted by Crippen LogP contribution is -2.51. The predicted octanol–water partition coefficient (Wildman–Crippen LogP) is 5.34. The Hall–Kier alpha value is -2.54. The third-order valence-corrected chi connectivity index (χ3v) is 7.39. The van der Waals surface area contributed by atoms with Crippen molar-refractivity contribution in [3.63, 3.8) is 0 Å². The summed E-state index contributed by atoms with van der Waals surface area (Å²) in [7, 11) is 0. The summed E-state index contributed by atoms with van der Waals surface area (Å²) in [6.07, 6.45) is 1.79. The SMILES string of the molecule is CC[C@H](C)CN(CC(=O)N1CCc2sccc2[C@@H]1COc1ccc(C)cc1C)C(=O)NC(C)C. The van der Waals surface area contributed by atoms with Gasteiger partial charge >= 0.3 is 6.03 Å². The minimum atomic E-state index is -0.181. The fourth-order valence-corrected chi connectivity index (χ4v) is 5.25. The maximum Gasteiger partial charge on any atom is 0.318 e. The van der Waals surface area contributed by atoms with Crippen LogP contribution in [-0.2, 0) is 11.2 Å². The Morgan fingerprint density at radius 1 is 1.24 bits per heavy atom. The first-order chi connectivity index (χ1) is 16.2. The first-order valence-electron chi connectivity index (χ1n) is 12.3. The topological polar surface area (TPSA) is 61.9 Å². The van der Waals surface area contributed by atoms with E-state index < -0.39 is 0 Å². The van der Waals surface area contributed by atoms with Crippen molar-refractivity contribution in [3.05, 3.63) is 51.2 Å². The molecule has 6 nitrogen and oxygen atoms in total. The quantitative estimate of drug-likeness (QED) is 0.522. The summed E-state index contributed by atoms with van der Waals surface area (Å²) in [5, 5.41) is 5.05. The van der Waals surface area contributed by atoms with Gasteiger partial charge in [-0.15, -0.1) is 11.3 Å². The number of carbonyl (C=O) groups is 2. The van der Waals surface area contributed by atoms with Gasteiger partial charge in [-0.1, -0.05) is 38.0 Å². The number of nitrogens with zero attached hydrogens (tertiary/aromatic N) is 2. The fourth-order valence-electron chi connectivity index (χ4n) is 4.32. The van der Waals surface area contributed by atoms with Gasteiger partial charge in [-0.3, -0.25) is 4.79 Å². The average Bonchev–Trinajstić information content (AvgIpc) is 3.26. The van der Waals surface area contributed by atoms with Gasteiger partial charge in [0.25, 0.3) is 0 Å². The molecule has 186 valence electrons. The molecule has 0 bridgehead atoms. The minimum Gasteiger partial charge on any atom is -0.491 e. The molecule has 1 aromatic carbocycles. The van der Waals surface area contributed by atoms with E-state index in [4.69, 9.17) is 4.74 Å². The van der Waals surface area contributed by atoms with Crippen LogP contribution in [0.3, 0.4) is 0 Å². The summed E-state index contributed by atoms with van der Waals surface area (Å²) in [5.41, 5.74) is 3.44. The lowest BCUT2D eigenvalue weighted by molar-refractivity contribution is -0.135. The van der Waals surface area contributed by atoms with Crippen molar-refractivity contribution in [2.75, 3.05) is 26.2 Å². The van der Waals surface area contributed by atoms with Crippen LogP contribution >= 0.6 is 11.3 Å². The van der Waals surface area contributed by atoms with Gasteiger partial charge in [0.05, 0.1) is 6.04 Å². The monoisotopic (exact) mass is 485 g/mol. The van der Waals surface area contributed by atoms with Crippen molar-refractivity contribution < 1.29 is 14.3 Å². The van der Waals surface area contributed by atoms with Crippen LogP contribution in [0.1, 0.15) is 61.7 Å². The highest BCUT2D eigenvalue weighted by Crippen LogP contribution is 2.34. The molecule has 1 N–H and O–H groups in total. The van der Waals surface area contributed by atoms with Gasteiger partial charge in [0.2, 0.25) is 5.91 Å². The maximum atomic E-state index is 13.6. The Bertz CT molecular complexity index is 987. The zero-order valence-electron chi connectivity index (χ0n) is 21.4. The number of aryl methyl sites for hydroxylation is 2. The lowest BCUT2D eigenvalue weighted by atomic mass is 10.00. The molecule has 0 unspecified atom stereocenters. The zero-order chi connectivity index (χ0) is 24.8. The Morgan fingerprint density at radius 2 is 2.00 bits per heavy atom. The molecule has 1 aliphatic heterocycles. The summed E-state index contributed by atoms with van der Waals surface area (Å²) in [4.78, 5) is 31.3. The standard InChI is InChI=1S/C27H39N3O3S/c1-7-19(4)15-29(27(32)28-18(2)3)16-26(31)30-12-10-25-22(11-13-34-25)23(30)17-33-24-9-8-20(5)14-21(24)6/h8-9,11,13-14,18-19,23H,7,10,12,15-17H2,1-6H3,(H,28,32)/t19-,23-/m0/s1. The van der Waals surface area contributed by atoms with Crippen molar-refractivity contribution in [1.29, 1.82) is 0 Å². The smallest absolute Gasteiger partial charge is 0.318 e. The number of nitrogens with one attached hydrogen (secondary N) is 1. The van der Waals surface area contributed by atoms with Gasteiger partial charge in [-0.2, -0.15) is 0 Å². The van der Waals surface area contributed by atoms with E-state index in [0.717, 1.165) is 29.7 Å². The van der Waals surface area contributed by atoms with Crippen LogP contribution in [0.5, 0.6) is 5.75 Å². The number of ether oxygens (including phenoxy) is 1. The van der Waals surface area contributed by atoms with E-state index >= 15 is 0 Å². The Morgan fingerprint density at radius 3 is 2.68 bits per heavy atom. The van der Waals surface area contributed by atoms with Gasteiger partial charge in [-0.05, 0) is 68.7 Å². The fraction of sp³-hybridized carbons (Fsp3) is 0.556. The highest BCUT2D eigenvalue weighted by atomic mass is 32.1. The normalized spacial score (nSPS) is 16.2. The number of thiophene rings is 1. The third-order valence-electron chi connectivity index (χ3n) is 6.40. The minimum absolute atomic E-state index is 0.0179. The molecular weight excluding hydrogens is 446 g/mol. The first-order valence-corrected chi connectivity index (χ1v) is 13.2. The molecule has 3 amide bonds. The molecule has 1 aromatic heterocycles. The van der Waals surface area contributed by atoms with E-state index in [2.05, 4.69) is 43.6 Å². The van der Waals surface area contributed by atoms with Gasteiger partial charge in [-0.25, -0.2) is 4.79 Å². The molecule has 34 heavy (non-hydrogen) atoms. The van der Waals surface area contributed by atoms with Crippen molar-refractivity contribution in [3.8, 4) is 5.75 Å². The van der Waals surface area contributed by atoms with E-state index in [1.54, 1.807) is 16.2 Å². The van der Waals surface area contributed by atoms with Crippen LogP contribution in [-0.4, -0.2) is 54.0 Å². The van der Waals surface area contributed by atoms with E-state index in [9.17, 15) is 9.59 Å². The number of rotatable bonds is 9. The number of amides is 3. The first kappa shape index (κ1) is 26.1. The summed E-state index contributed by atoms with van der Waals surface area (Å²) >= 11 is 1.74. The van der Waals surface area contributed by atoms with Gasteiger partial charge < -0.3 is 19.9 Å². The van der Waals surface area contributed by atoms with Crippen molar-refractivity contribution in [1.82, 2.24) is 15.1 Å². The lowest BCUT2D eigenvalue weighted by Gasteiger charge is -2.37. The van der Waals surface area contributed by atoms with E-state index in [0.29, 0.717) is 25.6 Å². The van der Waals surface area contributed by atoms with Crippen molar-refractivity contribution in [2.24, 2.45) is 5.92 Å². The van der Waals surface area contributed by atoms with Crippen molar-refractivity contribution >= 4 is 23.3 Å². The van der Waals surface area contributed by atoms with Crippen LogP contribution in [0.25, 0.3) is 0 Å². The van der Waals surface area contributed by atoms with Gasteiger partial charge in [0, 0.05) is 24.0 Å². The summed E-state index contributed by atoms with van der Waals surface area (Å²) in [5.74, 6) is 1.13. The Balaban J connectivity index is 1.78. The molecule has 2 atom stereocenters. The van der Waals surface area contributed by atoms with E-state index in [-0.39, 0.29) is 30.6 Å². The van der Waals surface area contributed by atoms with Crippen molar-refractivity contribution in [2.45, 2.75) is 66.5 Å². The molecule has 2 aromatic rings. The number of benzene rings is 1. The van der Waals surface area contributed by atoms with E-state index in [1.165, 1.54) is 10.4 Å². The molecular formula is C27H39N3O3S. The predicted molar refractivity (Wildman–Crippen MR) is 139 cm³/mol. The summed E-state index contributed by atoms with van der Waals surface area (Å²) in [6, 6.07) is 7.93. The number of urea groups is 1. The molecule has 3 rings (SSSR count). The highest BCUT2D eigenvalue weighted by Gasteiger charge is 2.34. The molecule has 0 spiro atoms. The van der Waals surface area contributed by atoms with Crippen LogP contribution in [0.15, 0.2) is 29.6 Å². The summed E-state index contributed by atoms with van der Waals surface area (Å²) < 4.78 is 6.24. The summed E-state index contributed by atoms with van der Waals surface area (Å²) in [6.45, 7) is 13.9. The van der Waals surface area contributed by atoms with Crippen LogP contribution in [0.4, 0.5) is 4.79 Å². The second-order valence-electron chi connectivity index (χ2n) is 9.73. The molecule has 0 aliphatic carbocycles. The number of fused-ring (bicyclic) bond motifs is 1. The largest absolute Gasteiger partial charge is 0.491 e. The number of hydrogen-bond donors (Lipinski definition) is 1. The molecule has 7 heteroatoms. The van der Waals surface area contributed by atoms with Crippen LogP contribution in [0, 0.1) is 19.8 Å². The molecule has 2 heterocycles. The highest BCUT2D eigenvalue weighted by molar-refractivity contribution is 7.10. The molecule has 0 fully saturated rings. The molecule has 0 saturated carbocycles. The Labute approximate surface area is 208 Å². The van der Waals surface area contributed by atoms with Gasteiger partial charge in [0.1, 0.15) is 18.9 Å². The second kappa shape index (κ2) is 11.7. The molecule has 1 aliphatic rings. The number of hydrogen-bond acceptors (Lipinski definition) is 4.